The van der Waals surface area contributed by atoms with Crippen LogP contribution in [0.2, 0.25) is 5.02 Å². The number of carbonyl (C=O) groups excluding carboxylic acids is 1. The van der Waals surface area contributed by atoms with Crippen LogP contribution in [-0.2, 0) is 9.84 Å². The summed E-state index contributed by atoms with van der Waals surface area (Å²) < 4.78 is 32.0. The van der Waals surface area contributed by atoms with Gasteiger partial charge in [0.1, 0.15) is 10.8 Å². The maximum absolute atomic E-state index is 13.3. The summed E-state index contributed by atoms with van der Waals surface area (Å²) in [6.07, 6.45) is 3.10. The van der Waals surface area contributed by atoms with E-state index in [9.17, 15) is 13.2 Å². The van der Waals surface area contributed by atoms with Crippen LogP contribution in [0.25, 0.3) is 0 Å². The van der Waals surface area contributed by atoms with Gasteiger partial charge in [-0.15, -0.1) is 0 Å². The number of carbonyl (C=O) groups is 1. The van der Waals surface area contributed by atoms with Crippen molar-refractivity contribution >= 4 is 50.5 Å². The molecule has 0 unspecified atom stereocenters. The standard InChI is InChI=1S/C30H39ClN6O4S/c1-18(2)41-26-15-20(5)22(29(38)33-21-11-13-37(6)14-12-21)16-25(26)35-30-32-17-23(31)28(36-30)34-24-9-7-8-10-27(24)42(39,40)19(3)4/h7-10,15-19,21H,11-14H2,1-6H3,(H,33,38)(H2,32,34,35,36). The molecule has 226 valence electrons. The van der Waals surface area contributed by atoms with E-state index in [0.29, 0.717) is 22.7 Å². The van der Waals surface area contributed by atoms with E-state index >= 15 is 0 Å². The lowest BCUT2D eigenvalue weighted by Crippen LogP contribution is -2.43. The molecule has 1 aliphatic heterocycles. The molecule has 2 aromatic carbocycles. The first-order valence-electron chi connectivity index (χ1n) is 14.1. The second kappa shape index (κ2) is 13.3. The lowest BCUT2D eigenvalue weighted by atomic mass is 10.0. The van der Waals surface area contributed by atoms with E-state index in [4.69, 9.17) is 16.3 Å². The molecule has 3 aromatic rings. The average molecular weight is 615 g/mol. The molecule has 0 aliphatic carbocycles. The largest absolute Gasteiger partial charge is 0.489 e. The molecule has 0 bridgehead atoms. The first-order chi connectivity index (χ1) is 19.8. The summed E-state index contributed by atoms with van der Waals surface area (Å²) in [5.41, 5.74) is 2.17. The first kappa shape index (κ1) is 31.5. The number of sulfone groups is 1. The minimum Gasteiger partial charge on any atom is -0.489 e. The Bertz CT molecular complexity index is 1540. The van der Waals surface area contributed by atoms with E-state index in [0.717, 1.165) is 31.5 Å². The van der Waals surface area contributed by atoms with Crippen LogP contribution >= 0.6 is 11.6 Å². The first-order valence-corrected chi connectivity index (χ1v) is 16.0. The van der Waals surface area contributed by atoms with Crippen molar-refractivity contribution in [2.75, 3.05) is 30.8 Å². The van der Waals surface area contributed by atoms with Crippen LogP contribution in [0, 0.1) is 6.92 Å². The molecule has 0 radical (unpaired) electrons. The quantitative estimate of drug-likeness (QED) is 0.263. The van der Waals surface area contributed by atoms with E-state index < -0.39 is 15.1 Å². The minimum absolute atomic E-state index is 0.117. The number of amides is 1. The predicted molar refractivity (Wildman–Crippen MR) is 167 cm³/mol. The SMILES string of the molecule is Cc1cc(OC(C)C)c(Nc2ncc(Cl)c(Nc3ccccc3S(=O)(=O)C(C)C)n2)cc1C(=O)NC1CCN(C)CC1. The molecule has 3 N–H and O–H groups in total. The number of anilines is 4. The number of hydrogen-bond donors (Lipinski definition) is 3. The Morgan fingerprint density at radius 1 is 1.07 bits per heavy atom. The highest BCUT2D eigenvalue weighted by Crippen LogP contribution is 2.34. The Morgan fingerprint density at radius 2 is 1.76 bits per heavy atom. The van der Waals surface area contributed by atoms with Crippen LogP contribution in [0.5, 0.6) is 5.75 Å². The number of aromatic nitrogens is 2. The Balaban J connectivity index is 1.64. The van der Waals surface area contributed by atoms with Gasteiger partial charge in [-0.05, 0) is 97.4 Å². The number of halogens is 1. The third kappa shape index (κ3) is 7.50. The van der Waals surface area contributed by atoms with E-state index in [1.54, 1.807) is 44.2 Å². The van der Waals surface area contributed by atoms with Gasteiger partial charge >= 0.3 is 0 Å². The highest BCUT2D eigenvalue weighted by molar-refractivity contribution is 7.92. The van der Waals surface area contributed by atoms with Gasteiger partial charge in [0.25, 0.3) is 5.91 Å². The van der Waals surface area contributed by atoms with Gasteiger partial charge in [-0.1, -0.05) is 23.7 Å². The van der Waals surface area contributed by atoms with Crippen molar-refractivity contribution in [2.24, 2.45) is 0 Å². The van der Waals surface area contributed by atoms with E-state index in [-0.39, 0.29) is 39.7 Å². The van der Waals surface area contributed by atoms with Crippen molar-refractivity contribution in [3.8, 4) is 5.75 Å². The Morgan fingerprint density at radius 3 is 2.43 bits per heavy atom. The number of para-hydroxylation sites is 1. The van der Waals surface area contributed by atoms with Crippen LogP contribution in [0.15, 0.2) is 47.5 Å². The average Bonchev–Trinajstić information content (AvgIpc) is 2.93. The topological polar surface area (TPSA) is 126 Å². The fraction of sp³-hybridized carbons (Fsp3) is 0.433. The minimum atomic E-state index is -3.57. The number of benzene rings is 2. The Kier molecular flexibility index (Phi) is 9.96. The fourth-order valence-electron chi connectivity index (χ4n) is 4.63. The third-order valence-corrected chi connectivity index (χ3v) is 9.53. The van der Waals surface area contributed by atoms with Crippen LogP contribution in [0.4, 0.5) is 23.1 Å². The number of nitrogens with one attached hydrogen (secondary N) is 3. The van der Waals surface area contributed by atoms with Crippen molar-refractivity contribution in [2.45, 2.75) is 69.8 Å². The molecular weight excluding hydrogens is 576 g/mol. The number of ether oxygens (including phenoxy) is 1. The molecule has 42 heavy (non-hydrogen) atoms. The molecule has 2 heterocycles. The number of likely N-dealkylation sites (tertiary alicyclic amines) is 1. The fourth-order valence-corrected chi connectivity index (χ4v) is 5.97. The van der Waals surface area contributed by atoms with E-state index in [1.165, 1.54) is 6.20 Å². The smallest absolute Gasteiger partial charge is 0.251 e. The monoisotopic (exact) mass is 614 g/mol. The van der Waals surface area contributed by atoms with Gasteiger partial charge in [-0.2, -0.15) is 4.98 Å². The van der Waals surface area contributed by atoms with Gasteiger partial charge in [-0.3, -0.25) is 4.79 Å². The third-order valence-electron chi connectivity index (χ3n) is 7.05. The summed E-state index contributed by atoms with van der Waals surface area (Å²) in [6.45, 7) is 10.9. The van der Waals surface area contributed by atoms with Gasteiger partial charge in [0.15, 0.2) is 15.7 Å². The molecule has 1 aliphatic rings. The summed E-state index contributed by atoms with van der Waals surface area (Å²) in [6, 6.07) is 10.3. The summed E-state index contributed by atoms with van der Waals surface area (Å²) in [7, 11) is -1.49. The summed E-state index contributed by atoms with van der Waals surface area (Å²) >= 11 is 6.42. The zero-order valence-electron chi connectivity index (χ0n) is 24.9. The molecule has 10 nitrogen and oxygen atoms in total. The van der Waals surface area contributed by atoms with E-state index in [2.05, 4.69) is 37.9 Å². The summed E-state index contributed by atoms with van der Waals surface area (Å²) in [4.78, 5) is 24.6. The van der Waals surface area contributed by atoms with Gasteiger partial charge < -0.3 is 25.6 Å². The number of aryl methyl sites for hydroxylation is 1. The number of nitrogens with zero attached hydrogens (tertiary/aromatic N) is 3. The molecule has 0 saturated carbocycles. The van der Waals surface area contributed by atoms with Gasteiger partial charge in [0, 0.05) is 11.6 Å². The molecule has 0 atom stereocenters. The van der Waals surface area contributed by atoms with Crippen molar-refractivity contribution in [1.29, 1.82) is 0 Å². The summed E-state index contributed by atoms with van der Waals surface area (Å²) in [5.74, 6) is 0.799. The van der Waals surface area contributed by atoms with Crippen molar-refractivity contribution in [1.82, 2.24) is 20.2 Å². The zero-order valence-corrected chi connectivity index (χ0v) is 26.4. The maximum atomic E-state index is 13.3. The van der Waals surface area contributed by atoms with Gasteiger partial charge in [-0.25, -0.2) is 13.4 Å². The molecule has 1 amide bonds. The number of piperidine rings is 1. The van der Waals surface area contributed by atoms with Crippen molar-refractivity contribution in [3.05, 3.63) is 58.7 Å². The molecule has 1 saturated heterocycles. The van der Waals surface area contributed by atoms with Crippen molar-refractivity contribution in [3.63, 3.8) is 0 Å². The number of hydrogen-bond acceptors (Lipinski definition) is 9. The normalized spacial score (nSPS) is 14.7. The Hall–Kier alpha value is -3.41. The molecule has 0 spiro atoms. The van der Waals surface area contributed by atoms with Crippen LogP contribution < -0.4 is 20.7 Å². The van der Waals surface area contributed by atoms with Gasteiger partial charge in [0.05, 0.1) is 33.8 Å². The molecule has 4 rings (SSSR count). The van der Waals surface area contributed by atoms with Crippen molar-refractivity contribution < 1.29 is 17.9 Å². The molecule has 12 heteroatoms. The van der Waals surface area contributed by atoms with Crippen LogP contribution in [0.3, 0.4) is 0 Å². The van der Waals surface area contributed by atoms with Gasteiger partial charge in [0.2, 0.25) is 5.95 Å². The second-order valence-electron chi connectivity index (χ2n) is 11.1. The maximum Gasteiger partial charge on any atom is 0.251 e. The number of rotatable bonds is 10. The van der Waals surface area contributed by atoms with Crippen LogP contribution in [0.1, 0.15) is 56.5 Å². The lowest BCUT2D eigenvalue weighted by Gasteiger charge is -2.29. The zero-order chi connectivity index (χ0) is 30.6. The molecule has 1 aromatic heterocycles. The highest BCUT2D eigenvalue weighted by atomic mass is 35.5. The molecule has 1 fully saturated rings. The van der Waals surface area contributed by atoms with E-state index in [1.807, 2.05) is 26.8 Å². The highest BCUT2D eigenvalue weighted by Gasteiger charge is 2.24. The predicted octanol–water partition coefficient (Wildman–Crippen LogP) is 5.72. The lowest BCUT2D eigenvalue weighted by molar-refractivity contribution is 0.0916. The Labute approximate surface area is 253 Å². The second-order valence-corrected chi connectivity index (χ2v) is 14.0. The van der Waals surface area contributed by atoms with Crippen LogP contribution in [-0.4, -0.2) is 66.7 Å². The summed E-state index contributed by atoms with van der Waals surface area (Å²) in [5, 5.41) is 9.01. The molecular formula is C30H39ClN6O4S.